The van der Waals surface area contributed by atoms with Crippen LogP contribution in [0.4, 0.5) is 5.69 Å². The molecular formula is C25H30N2O5. The van der Waals surface area contributed by atoms with E-state index in [4.69, 9.17) is 14.2 Å². The van der Waals surface area contributed by atoms with E-state index in [0.29, 0.717) is 32.0 Å². The molecule has 0 bridgehead atoms. The predicted octanol–water partition coefficient (Wildman–Crippen LogP) is 3.41. The molecule has 170 valence electrons. The number of hydrogen-bond donors (Lipinski definition) is 0. The summed E-state index contributed by atoms with van der Waals surface area (Å²) in [5.74, 6) is 1.33. The van der Waals surface area contributed by atoms with Crippen molar-refractivity contribution >= 4 is 17.5 Å². The molecule has 1 saturated heterocycles. The van der Waals surface area contributed by atoms with Crippen LogP contribution < -0.4 is 14.4 Å². The molecule has 32 heavy (non-hydrogen) atoms. The van der Waals surface area contributed by atoms with Crippen molar-refractivity contribution in [2.24, 2.45) is 0 Å². The summed E-state index contributed by atoms with van der Waals surface area (Å²) in [6, 6.07) is 15.2. The first-order valence-corrected chi connectivity index (χ1v) is 11.2. The highest BCUT2D eigenvalue weighted by molar-refractivity contribution is 5.97. The van der Waals surface area contributed by atoms with Gasteiger partial charge in [-0.25, -0.2) is 0 Å². The van der Waals surface area contributed by atoms with Gasteiger partial charge in [-0.15, -0.1) is 0 Å². The predicted molar refractivity (Wildman–Crippen MR) is 121 cm³/mol. The number of amides is 2. The van der Waals surface area contributed by atoms with Gasteiger partial charge in [0, 0.05) is 38.1 Å². The lowest BCUT2D eigenvalue weighted by Gasteiger charge is -2.30. The molecule has 2 aromatic rings. The Morgan fingerprint density at radius 2 is 1.91 bits per heavy atom. The number of anilines is 1. The first-order valence-electron chi connectivity index (χ1n) is 11.2. The van der Waals surface area contributed by atoms with E-state index in [1.165, 1.54) is 0 Å². The third-order valence-electron chi connectivity index (χ3n) is 5.94. The number of nitrogens with zero attached hydrogens (tertiary/aromatic N) is 2. The van der Waals surface area contributed by atoms with Gasteiger partial charge in [-0.2, -0.15) is 0 Å². The zero-order valence-electron chi connectivity index (χ0n) is 18.5. The van der Waals surface area contributed by atoms with Gasteiger partial charge in [0.2, 0.25) is 11.8 Å². The standard InChI is InChI=1S/C25H30N2O5/c1-30-22-10-4-2-7-19(22)17-26(18-20-8-6-15-31-20)24(28)12-13-25(29)27-14-16-32-23-11-5-3-9-21(23)27/h2-5,7,9-11,20H,6,8,12-18H2,1H3. The number of benzene rings is 2. The SMILES string of the molecule is COc1ccccc1CN(CC1CCCO1)C(=O)CCC(=O)N1CCOc2ccccc21. The van der Waals surface area contributed by atoms with Crippen molar-refractivity contribution < 1.29 is 23.8 Å². The van der Waals surface area contributed by atoms with Crippen molar-refractivity contribution in [3.63, 3.8) is 0 Å². The van der Waals surface area contributed by atoms with Crippen LogP contribution in [0.2, 0.25) is 0 Å². The Labute approximate surface area is 188 Å². The molecule has 1 atom stereocenters. The van der Waals surface area contributed by atoms with E-state index in [9.17, 15) is 9.59 Å². The summed E-state index contributed by atoms with van der Waals surface area (Å²) in [4.78, 5) is 29.7. The molecule has 2 aliphatic rings. The molecule has 0 saturated carbocycles. The maximum Gasteiger partial charge on any atom is 0.227 e. The summed E-state index contributed by atoms with van der Waals surface area (Å²) in [6.45, 7) is 2.62. The molecule has 2 heterocycles. The van der Waals surface area contributed by atoms with Gasteiger partial charge in [0.05, 0.1) is 25.4 Å². The normalized spacial score (nSPS) is 17.4. The van der Waals surface area contributed by atoms with Crippen LogP contribution in [0.3, 0.4) is 0 Å². The molecule has 0 N–H and O–H groups in total. The van der Waals surface area contributed by atoms with Gasteiger partial charge in [0.25, 0.3) is 0 Å². The van der Waals surface area contributed by atoms with Crippen LogP contribution in [0.5, 0.6) is 11.5 Å². The van der Waals surface area contributed by atoms with Crippen LogP contribution in [0.15, 0.2) is 48.5 Å². The van der Waals surface area contributed by atoms with Crippen LogP contribution in [0, 0.1) is 0 Å². The highest BCUT2D eigenvalue weighted by atomic mass is 16.5. The van der Waals surface area contributed by atoms with Gasteiger partial charge in [-0.05, 0) is 31.0 Å². The number of fused-ring (bicyclic) bond motifs is 1. The van der Waals surface area contributed by atoms with E-state index >= 15 is 0 Å². The van der Waals surface area contributed by atoms with Gasteiger partial charge in [-0.1, -0.05) is 30.3 Å². The van der Waals surface area contributed by atoms with Crippen molar-refractivity contribution in [2.45, 2.75) is 38.3 Å². The summed E-state index contributed by atoms with van der Waals surface area (Å²) in [6.07, 6.45) is 2.30. The molecule has 0 aliphatic carbocycles. The maximum absolute atomic E-state index is 13.2. The van der Waals surface area contributed by atoms with E-state index in [1.54, 1.807) is 16.9 Å². The first-order chi connectivity index (χ1) is 15.7. The number of ether oxygens (including phenoxy) is 3. The zero-order valence-corrected chi connectivity index (χ0v) is 18.5. The Hall–Kier alpha value is -3.06. The topological polar surface area (TPSA) is 68.3 Å². The largest absolute Gasteiger partial charge is 0.496 e. The molecule has 7 nitrogen and oxygen atoms in total. The number of carbonyl (C=O) groups is 2. The quantitative estimate of drug-likeness (QED) is 0.632. The zero-order chi connectivity index (χ0) is 22.3. The Morgan fingerprint density at radius 1 is 1.09 bits per heavy atom. The lowest BCUT2D eigenvalue weighted by molar-refractivity contribution is -0.135. The number of para-hydroxylation sites is 3. The molecular weight excluding hydrogens is 408 g/mol. The molecule has 1 fully saturated rings. The average molecular weight is 439 g/mol. The van der Waals surface area contributed by atoms with Crippen LogP contribution in [0.1, 0.15) is 31.2 Å². The summed E-state index contributed by atoms with van der Waals surface area (Å²) in [7, 11) is 1.63. The van der Waals surface area contributed by atoms with Crippen molar-refractivity contribution in [3.8, 4) is 11.5 Å². The second-order valence-electron chi connectivity index (χ2n) is 8.08. The van der Waals surface area contributed by atoms with Gasteiger partial charge in [-0.3, -0.25) is 9.59 Å². The monoisotopic (exact) mass is 438 g/mol. The lowest BCUT2D eigenvalue weighted by atomic mass is 10.1. The number of methoxy groups -OCH3 is 1. The molecule has 2 aliphatic heterocycles. The fourth-order valence-corrected chi connectivity index (χ4v) is 4.26. The van der Waals surface area contributed by atoms with Crippen molar-refractivity contribution in [2.75, 3.05) is 38.3 Å². The minimum atomic E-state index is -0.0662. The molecule has 2 amide bonds. The van der Waals surface area contributed by atoms with Gasteiger partial charge < -0.3 is 24.0 Å². The Morgan fingerprint density at radius 3 is 2.72 bits per heavy atom. The van der Waals surface area contributed by atoms with E-state index in [1.807, 2.05) is 48.5 Å². The molecule has 0 aromatic heterocycles. The van der Waals surface area contributed by atoms with Gasteiger partial charge >= 0.3 is 0 Å². The van der Waals surface area contributed by atoms with Gasteiger partial charge in [0.1, 0.15) is 18.1 Å². The summed E-state index contributed by atoms with van der Waals surface area (Å²) in [5.41, 5.74) is 1.70. The molecule has 0 spiro atoms. The smallest absolute Gasteiger partial charge is 0.227 e. The summed E-state index contributed by atoms with van der Waals surface area (Å²) in [5, 5.41) is 0. The van der Waals surface area contributed by atoms with E-state index in [0.717, 1.165) is 36.4 Å². The van der Waals surface area contributed by atoms with E-state index in [-0.39, 0.29) is 30.8 Å². The van der Waals surface area contributed by atoms with Crippen LogP contribution in [0.25, 0.3) is 0 Å². The van der Waals surface area contributed by atoms with E-state index in [2.05, 4.69) is 0 Å². The maximum atomic E-state index is 13.2. The Bertz CT molecular complexity index is 941. The number of hydrogen-bond acceptors (Lipinski definition) is 5. The fraction of sp³-hybridized carbons (Fsp3) is 0.440. The summed E-state index contributed by atoms with van der Waals surface area (Å²) < 4.78 is 16.9. The molecule has 0 radical (unpaired) electrons. The third kappa shape index (κ3) is 5.22. The fourth-order valence-electron chi connectivity index (χ4n) is 4.26. The molecule has 7 heteroatoms. The average Bonchev–Trinajstić information content (AvgIpc) is 3.35. The Kier molecular flexibility index (Phi) is 7.27. The van der Waals surface area contributed by atoms with E-state index < -0.39 is 0 Å². The first kappa shape index (κ1) is 22.1. The van der Waals surface area contributed by atoms with Crippen LogP contribution >= 0.6 is 0 Å². The highest BCUT2D eigenvalue weighted by Gasteiger charge is 2.27. The minimum Gasteiger partial charge on any atom is -0.496 e. The third-order valence-corrected chi connectivity index (χ3v) is 5.94. The highest BCUT2D eigenvalue weighted by Crippen LogP contribution is 2.31. The second-order valence-corrected chi connectivity index (χ2v) is 8.08. The lowest BCUT2D eigenvalue weighted by Crippen LogP contribution is -2.40. The molecule has 1 unspecified atom stereocenters. The second kappa shape index (κ2) is 10.5. The summed E-state index contributed by atoms with van der Waals surface area (Å²) >= 11 is 0. The van der Waals surface area contributed by atoms with Crippen molar-refractivity contribution in [3.05, 3.63) is 54.1 Å². The Balaban J connectivity index is 1.42. The number of rotatable bonds is 8. The van der Waals surface area contributed by atoms with Crippen molar-refractivity contribution in [1.82, 2.24) is 4.90 Å². The molecule has 4 rings (SSSR count). The molecule has 2 aromatic carbocycles. The van der Waals surface area contributed by atoms with Crippen molar-refractivity contribution in [1.29, 1.82) is 0 Å². The number of carbonyl (C=O) groups excluding carboxylic acids is 2. The van der Waals surface area contributed by atoms with Crippen LogP contribution in [-0.4, -0.2) is 56.2 Å². The van der Waals surface area contributed by atoms with Gasteiger partial charge in [0.15, 0.2) is 0 Å². The minimum absolute atomic E-state index is 0.0375. The van der Waals surface area contributed by atoms with Crippen LogP contribution in [-0.2, 0) is 20.9 Å².